The second-order valence-corrected chi connectivity index (χ2v) is 6.61. The third-order valence-corrected chi connectivity index (χ3v) is 3.25. The minimum Gasteiger partial charge on any atom is -0.444 e. The van der Waals surface area contributed by atoms with Gasteiger partial charge in [0.1, 0.15) is 5.60 Å². The molecule has 0 aliphatic carbocycles. The van der Waals surface area contributed by atoms with Gasteiger partial charge in [0, 0.05) is 46.0 Å². The van der Waals surface area contributed by atoms with Crippen LogP contribution in [0.15, 0.2) is 35.3 Å². The van der Waals surface area contributed by atoms with E-state index in [1.54, 1.807) is 7.05 Å². The van der Waals surface area contributed by atoms with E-state index in [9.17, 15) is 4.79 Å². The number of hydrogen-bond acceptors (Lipinski definition) is 4. The molecule has 7 nitrogen and oxygen atoms in total. The van der Waals surface area contributed by atoms with Crippen LogP contribution in [0, 0.1) is 0 Å². The van der Waals surface area contributed by atoms with Gasteiger partial charge in [-0.3, -0.25) is 4.99 Å². The lowest BCUT2D eigenvalue weighted by atomic mass is 10.2. The van der Waals surface area contributed by atoms with Gasteiger partial charge in [-0.1, -0.05) is 18.2 Å². The highest BCUT2D eigenvalue weighted by molar-refractivity contribution is 14.0. The number of guanidine groups is 1. The molecule has 1 rings (SSSR count). The van der Waals surface area contributed by atoms with Gasteiger partial charge in [0.2, 0.25) is 0 Å². The summed E-state index contributed by atoms with van der Waals surface area (Å²) in [5, 5.41) is 9.10. The number of nitrogens with zero attached hydrogens (tertiary/aromatic N) is 2. The second-order valence-electron chi connectivity index (χ2n) is 6.61. The zero-order chi connectivity index (χ0) is 18.7. The topological polar surface area (TPSA) is 78.0 Å². The minimum atomic E-state index is -0.486. The summed E-state index contributed by atoms with van der Waals surface area (Å²) in [6.45, 7) is 8.13. The quantitative estimate of drug-likeness (QED) is 0.244. The van der Waals surface area contributed by atoms with Crippen molar-refractivity contribution in [3.05, 3.63) is 30.3 Å². The normalized spacial score (nSPS) is 11.2. The predicted octanol–water partition coefficient (Wildman–Crippen LogP) is 2.43. The molecule has 1 amide bonds. The van der Waals surface area contributed by atoms with Crippen molar-refractivity contribution in [2.24, 2.45) is 4.99 Å². The van der Waals surface area contributed by atoms with Crippen LogP contribution in [0.25, 0.3) is 0 Å². The first-order chi connectivity index (χ1) is 11.8. The molecule has 0 aliphatic heterocycles. The smallest absolute Gasteiger partial charge is 0.407 e. The van der Waals surface area contributed by atoms with Gasteiger partial charge in [0.25, 0.3) is 0 Å². The highest BCUT2D eigenvalue weighted by atomic mass is 127. The molecule has 0 aromatic heterocycles. The van der Waals surface area contributed by atoms with Crippen molar-refractivity contribution in [1.29, 1.82) is 0 Å². The van der Waals surface area contributed by atoms with E-state index in [1.165, 1.54) is 5.69 Å². The Kier molecular flexibility index (Phi) is 11.8. The number of carbonyl (C=O) groups excluding carboxylic acids is 1. The Hall–Kier alpha value is -1.71. The highest BCUT2D eigenvalue weighted by Gasteiger charge is 2.15. The molecule has 0 fully saturated rings. The van der Waals surface area contributed by atoms with Gasteiger partial charge in [0.15, 0.2) is 5.96 Å². The van der Waals surface area contributed by atoms with Crippen LogP contribution in [0.4, 0.5) is 10.5 Å². The molecule has 0 atom stereocenters. The Labute approximate surface area is 174 Å². The van der Waals surface area contributed by atoms with E-state index in [0.29, 0.717) is 19.0 Å². The largest absolute Gasteiger partial charge is 0.444 e. The number of halogens is 1. The van der Waals surface area contributed by atoms with Gasteiger partial charge in [-0.05, 0) is 32.9 Å². The van der Waals surface area contributed by atoms with Gasteiger partial charge in [-0.15, -0.1) is 24.0 Å². The van der Waals surface area contributed by atoms with E-state index in [1.807, 2.05) is 39.0 Å². The van der Waals surface area contributed by atoms with E-state index < -0.39 is 11.7 Å². The predicted molar refractivity (Wildman–Crippen MR) is 119 cm³/mol. The van der Waals surface area contributed by atoms with Gasteiger partial charge in [-0.25, -0.2) is 4.79 Å². The summed E-state index contributed by atoms with van der Waals surface area (Å²) in [6.07, 6.45) is -0.415. The number of rotatable bonds is 7. The molecule has 0 spiro atoms. The maximum absolute atomic E-state index is 11.5. The Morgan fingerprint density at radius 3 is 2.23 bits per heavy atom. The third-order valence-electron chi connectivity index (χ3n) is 3.25. The third kappa shape index (κ3) is 11.0. The van der Waals surface area contributed by atoms with Gasteiger partial charge in [0.05, 0.1) is 0 Å². The molecule has 0 saturated carbocycles. The first-order valence-electron chi connectivity index (χ1n) is 8.49. The zero-order valence-electron chi connectivity index (χ0n) is 16.3. The van der Waals surface area contributed by atoms with Crippen molar-refractivity contribution in [3.63, 3.8) is 0 Å². The van der Waals surface area contributed by atoms with Gasteiger partial charge in [-0.2, -0.15) is 0 Å². The number of para-hydroxylation sites is 1. The SMILES string of the molecule is CN=C(NCCNC(=O)OC(C)(C)C)NCCN(C)c1ccccc1.I. The summed E-state index contributed by atoms with van der Waals surface area (Å²) in [6, 6.07) is 10.2. The van der Waals surface area contributed by atoms with Crippen LogP contribution in [-0.2, 0) is 4.74 Å². The van der Waals surface area contributed by atoms with Crippen molar-refractivity contribution in [3.8, 4) is 0 Å². The van der Waals surface area contributed by atoms with E-state index >= 15 is 0 Å². The molecule has 0 aliphatic rings. The van der Waals surface area contributed by atoms with Crippen molar-refractivity contribution < 1.29 is 9.53 Å². The average Bonchev–Trinajstić information content (AvgIpc) is 2.56. The van der Waals surface area contributed by atoms with Gasteiger partial charge < -0.3 is 25.6 Å². The summed E-state index contributed by atoms with van der Waals surface area (Å²) in [7, 11) is 3.77. The van der Waals surface area contributed by atoms with Crippen LogP contribution in [-0.4, -0.2) is 57.9 Å². The molecule has 3 N–H and O–H groups in total. The lowest BCUT2D eigenvalue weighted by Gasteiger charge is -2.21. The number of nitrogens with one attached hydrogen (secondary N) is 3. The molecule has 148 valence electrons. The zero-order valence-corrected chi connectivity index (χ0v) is 18.7. The maximum atomic E-state index is 11.5. The molecule has 1 aromatic carbocycles. The van der Waals surface area contributed by atoms with Gasteiger partial charge >= 0.3 is 6.09 Å². The molecule has 0 unspecified atom stereocenters. The Balaban J connectivity index is 0.00000625. The molecule has 0 heterocycles. The molecule has 0 bridgehead atoms. The highest BCUT2D eigenvalue weighted by Crippen LogP contribution is 2.09. The maximum Gasteiger partial charge on any atom is 0.407 e. The number of amides is 1. The molecule has 26 heavy (non-hydrogen) atoms. The lowest BCUT2D eigenvalue weighted by Crippen LogP contribution is -2.44. The minimum absolute atomic E-state index is 0. The van der Waals surface area contributed by atoms with Crippen molar-refractivity contribution >= 4 is 41.7 Å². The molecule has 8 heteroatoms. The van der Waals surface area contributed by atoms with Crippen LogP contribution in [0.5, 0.6) is 0 Å². The summed E-state index contributed by atoms with van der Waals surface area (Å²) < 4.78 is 5.18. The van der Waals surface area contributed by atoms with E-state index in [0.717, 1.165) is 13.1 Å². The number of hydrogen-bond donors (Lipinski definition) is 3. The fourth-order valence-corrected chi connectivity index (χ4v) is 2.03. The monoisotopic (exact) mass is 477 g/mol. The lowest BCUT2D eigenvalue weighted by molar-refractivity contribution is 0.0529. The summed E-state index contributed by atoms with van der Waals surface area (Å²) >= 11 is 0. The molecule has 1 aromatic rings. The first-order valence-corrected chi connectivity index (χ1v) is 8.49. The van der Waals surface area contributed by atoms with E-state index in [2.05, 4.69) is 45.0 Å². The number of carbonyl (C=O) groups is 1. The Morgan fingerprint density at radius 1 is 1.08 bits per heavy atom. The molecule has 0 radical (unpaired) electrons. The van der Waals surface area contributed by atoms with Crippen LogP contribution < -0.4 is 20.9 Å². The van der Waals surface area contributed by atoms with Crippen molar-refractivity contribution in [1.82, 2.24) is 16.0 Å². The Morgan fingerprint density at radius 2 is 1.65 bits per heavy atom. The number of alkyl carbamates (subject to hydrolysis) is 1. The van der Waals surface area contributed by atoms with Crippen molar-refractivity contribution in [2.75, 3.05) is 45.2 Å². The second kappa shape index (κ2) is 12.6. The fraction of sp³-hybridized carbons (Fsp3) is 0.556. The molecule has 0 saturated heterocycles. The number of anilines is 1. The fourth-order valence-electron chi connectivity index (χ4n) is 2.03. The summed E-state index contributed by atoms with van der Waals surface area (Å²) in [5.41, 5.74) is 0.689. The van der Waals surface area contributed by atoms with Crippen molar-refractivity contribution in [2.45, 2.75) is 26.4 Å². The van der Waals surface area contributed by atoms with Crippen LogP contribution in [0.1, 0.15) is 20.8 Å². The van der Waals surface area contributed by atoms with Crippen LogP contribution in [0.2, 0.25) is 0 Å². The summed E-state index contributed by atoms with van der Waals surface area (Å²) in [5.74, 6) is 0.701. The molecular formula is C18H32IN5O2. The number of likely N-dealkylation sites (N-methyl/N-ethyl adjacent to an activating group) is 1. The first kappa shape index (κ1) is 24.3. The van der Waals surface area contributed by atoms with Crippen LogP contribution in [0.3, 0.4) is 0 Å². The molecular weight excluding hydrogens is 445 g/mol. The number of ether oxygens (including phenoxy) is 1. The van der Waals surface area contributed by atoms with E-state index in [-0.39, 0.29) is 24.0 Å². The Bertz CT molecular complexity index is 546. The summed E-state index contributed by atoms with van der Waals surface area (Å²) in [4.78, 5) is 17.9. The number of aliphatic imine (C=N–C) groups is 1. The standard InChI is InChI=1S/C18H31N5O2.HI/c1-18(2,3)25-17(24)22-12-11-20-16(19-4)21-13-14-23(5)15-9-7-6-8-10-15;/h6-10H,11-14H2,1-5H3,(H,22,24)(H2,19,20,21);1H. The van der Waals surface area contributed by atoms with Crippen LogP contribution >= 0.6 is 24.0 Å². The average molecular weight is 477 g/mol. The van der Waals surface area contributed by atoms with E-state index in [4.69, 9.17) is 4.74 Å². The number of benzene rings is 1.